The Morgan fingerprint density at radius 2 is 1.92 bits per heavy atom. The van der Waals surface area contributed by atoms with Gasteiger partial charge in [0.05, 0.1) is 18.4 Å². The summed E-state index contributed by atoms with van der Waals surface area (Å²) < 4.78 is 10.0. The van der Waals surface area contributed by atoms with Crippen molar-refractivity contribution in [1.82, 2.24) is 34.6 Å². The predicted molar refractivity (Wildman–Crippen MR) is 143 cm³/mol. The lowest BCUT2D eigenvalue weighted by Gasteiger charge is -2.36. The second-order valence-corrected chi connectivity index (χ2v) is 11.0. The minimum atomic E-state index is -0.990. The largest absolute Gasteiger partial charge is 0.486 e. The molecule has 3 aromatic rings. The summed E-state index contributed by atoms with van der Waals surface area (Å²) in [6.45, 7) is 5.99. The fourth-order valence-electron chi connectivity index (χ4n) is 5.62. The zero-order valence-electron chi connectivity index (χ0n) is 22.5. The van der Waals surface area contributed by atoms with Crippen LogP contribution in [0.4, 0.5) is 0 Å². The smallest absolute Gasteiger partial charge is 0.293 e. The van der Waals surface area contributed by atoms with Crippen LogP contribution in [0.5, 0.6) is 5.75 Å². The van der Waals surface area contributed by atoms with Crippen molar-refractivity contribution in [2.24, 2.45) is 7.05 Å². The van der Waals surface area contributed by atoms with Gasteiger partial charge >= 0.3 is 0 Å². The maximum atomic E-state index is 11.1. The highest BCUT2D eigenvalue weighted by atomic mass is 16.5. The summed E-state index contributed by atoms with van der Waals surface area (Å²) in [5, 5.41) is 28.8. The lowest BCUT2D eigenvalue weighted by Crippen LogP contribution is -2.44. The molecule has 0 bridgehead atoms. The summed E-state index contributed by atoms with van der Waals surface area (Å²) in [6.07, 6.45) is 7.68. The maximum absolute atomic E-state index is 11.1. The summed E-state index contributed by atoms with van der Waals surface area (Å²) >= 11 is 0. The van der Waals surface area contributed by atoms with E-state index in [2.05, 4.69) is 51.1 Å². The third-order valence-corrected chi connectivity index (χ3v) is 8.21. The molecule has 201 valence electrons. The topological polar surface area (TPSA) is 111 Å². The summed E-state index contributed by atoms with van der Waals surface area (Å²) in [7, 11) is 3.56. The number of piperidine rings is 1. The molecule has 5 rings (SSSR count). The zero-order chi connectivity index (χ0) is 26.7. The Morgan fingerprint density at radius 3 is 2.63 bits per heavy atom. The Hall–Kier alpha value is -3.05. The normalized spacial score (nSPS) is 21.9. The van der Waals surface area contributed by atoms with Crippen LogP contribution in [0.3, 0.4) is 0 Å². The third kappa shape index (κ3) is 5.68. The molecule has 0 unspecified atom stereocenters. The molecule has 1 saturated heterocycles. The molecular weight excluding hydrogens is 481 g/mol. The van der Waals surface area contributed by atoms with Crippen molar-refractivity contribution >= 4 is 13.6 Å². The molecular formula is C27H37BN7O3. The highest BCUT2D eigenvalue weighted by Gasteiger charge is 2.37. The second-order valence-electron chi connectivity index (χ2n) is 11.0. The number of nitrogens with zero attached hydrogens (tertiary/aromatic N) is 7. The molecule has 1 radical (unpaired) electrons. The van der Waals surface area contributed by atoms with E-state index in [0.717, 1.165) is 49.3 Å². The summed E-state index contributed by atoms with van der Waals surface area (Å²) in [5.41, 5.74) is 0.892. The number of hydrogen-bond donors (Lipinski definition) is 1. The zero-order valence-corrected chi connectivity index (χ0v) is 22.5. The molecule has 0 atom stereocenters. The van der Waals surface area contributed by atoms with Crippen molar-refractivity contribution < 1.29 is 14.6 Å². The van der Waals surface area contributed by atoms with Crippen LogP contribution >= 0.6 is 0 Å². The van der Waals surface area contributed by atoms with E-state index in [1.807, 2.05) is 34.9 Å². The fourth-order valence-corrected chi connectivity index (χ4v) is 5.62. The van der Waals surface area contributed by atoms with Crippen molar-refractivity contribution in [3.8, 4) is 5.75 Å². The van der Waals surface area contributed by atoms with E-state index in [-0.39, 0.29) is 6.04 Å². The molecule has 0 spiro atoms. The first-order valence-electron chi connectivity index (χ1n) is 13.6. The van der Waals surface area contributed by atoms with Crippen molar-refractivity contribution in [2.45, 2.75) is 82.5 Å². The van der Waals surface area contributed by atoms with Gasteiger partial charge in [0.1, 0.15) is 29.5 Å². The van der Waals surface area contributed by atoms with Crippen LogP contribution in [-0.4, -0.2) is 66.4 Å². The van der Waals surface area contributed by atoms with Gasteiger partial charge in [-0.3, -0.25) is 0 Å². The first-order chi connectivity index (χ1) is 18.4. The van der Waals surface area contributed by atoms with E-state index < -0.39 is 5.60 Å². The molecule has 11 heteroatoms. The van der Waals surface area contributed by atoms with Gasteiger partial charge in [-0.05, 0) is 75.2 Å². The van der Waals surface area contributed by atoms with Gasteiger partial charge in [-0.15, -0.1) is 15.3 Å². The second kappa shape index (κ2) is 11.4. The van der Waals surface area contributed by atoms with Gasteiger partial charge in [0, 0.05) is 13.0 Å². The number of hydrogen-bond acceptors (Lipinski definition) is 8. The lowest BCUT2D eigenvalue weighted by molar-refractivity contribution is -0.0138. The van der Waals surface area contributed by atoms with Gasteiger partial charge in [0.25, 0.3) is 7.41 Å². The molecule has 2 aliphatic rings. The van der Waals surface area contributed by atoms with E-state index in [1.54, 1.807) is 0 Å². The number of aromatic nitrogens is 6. The van der Waals surface area contributed by atoms with Crippen LogP contribution < -0.4 is 4.74 Å². The van der Waals surface area contributed by atoms with E-state index in [9.17, 15) is 9.90 Å². The summed E-state index contributed by atoms with van der Waals surface area (Å²) in [6, 6.07) is 8.47. The van der Waals surface area contributed by atoms with Gasteiger partial charge in [0.2, 0.25) is 0 Å². The Labute approximate surface area is 224 Å². The quantitative estimate of drug-likeness (QED) is 0.340. The van der Waals surface area contributed by atoms with Crippen LogP contribution in [0, 0.1) is 0 Å². The molecule has 1 aliphatic carbocycles. The number of carbonyl (C=O) groups is 1. The summed E-state index contributed by atoms with van der Waals surface area (Å²) in [5.74, 6) is 3.47. The number of benzene rings is 1. The Kier molecular flexibility index (Phi) is 7.94. The molecule has 1 aromatic carbocycles. The van der Waals surface area contributed by atoms with Crippen molar-refractivity contribution in [2.75, 3.05) is 13.1 Å². The first-order valence-corrected chi connectivity index (χ1v) is 13.6. The van der Waals surface area contributed by atoms with E-state index >= 15 is 0 Å². The fraction of sp³-hybridized carbons (Fsp3) is 0.593. The van der Waals surface area contributed by atoms with E-state index in [1.165, 1.54) is 13.0 Å². The number of aliphatic hydroxyl groups is 1. The number of carbonyl (C=O) groups excluding carboxylic acids is 1. The standard InChI is InChI=1S/C27H37BN7O3/c1-19(2)21-5-4-6-23(15-21)38-17-25-30-31-26(33(25)3)20-7-9-22(10-8-20)35-16-24(29-32-35)27(37)11-13-34(14-12-27)28-18-36/h4-6,15-16,18-20,22,37H,7-14,17H2,1-3H3. The maximum Gasteiger partial charge on any atom is 0.293 e. The minimum absolute atomic E-state index is 0.254. The molecule has 2 fully saturated rings. The predicted octanol–water partition coefficient (Wildman–Crippen LogP) is 3.10. The SMILES string of the molecule is CC(C)c1cccc(OCc2nnc(C3CCC(n4cc(C5(O)CCN([B]C=O)CC5)nn4)CC3)n2C)c1. The van der Waals surface area contributed by atoms with Crippen LogP contribution in [0.1, 0.15) is 93.2 Å². The lowest BCUT2D eigenvalue weighted by atomic mass is 9.83. The molecule has 1 aliphatic heterocycles. The van der Waals surface area contributed by atoms with Gasteiger partial charge in [0.15, 0.2) is 5.82 Å². The van der Waals surface area contributed by atoms with Crippen LogP contribution in [0.2, 0.25) is 0 Å². The van der Waals surface area contributed by atoms with Crippen LogP contribution in [0.25, 0.3) is 0 Å². The van der Waals surface area contributed by atoms with Crippen molar-refractivity contribution in [1.29, 1.82) is 0 Å². The minimum Gasteiger partial charge on any atom is -0.486 e. The van der Waals surface area contributed by atoms with Crippen molar-refractivity contribution in [3.63, 3.8) is 0 Å². The average Bonchev–Trinajstić information content (AvgIpc) is 3.57. The Balaban J connectivity index is 1.15. The van der Waals surface area contributed by atoms with Gasteiger partial charge < -0.3 is 24.0 Å². The molecule has 3 heterocycles. The molecule has 1 saturated carbocycles. The van der Waals surface area contributed by atoms with Crippen LogP contribution in [-0.2, 0) is 24.1 Å². The van der Waals surface area contributed by atoms with Crippen molar-refractivity contribution in [3.05, 3.63) is 53.4 Å². The summed E-state index contributed by atoms with van der Waals surface area (Å²) in [4.78, 5) is 12.7. The highest BCUT2D eigenvalue weighted by molar-refractivity contribution is 6.64. The van der Waals surface area contributed by atoms with E-state index in [4.69, 9.17) is 4.74 Å². The van der Waals surface area contributed by atoms with Crippen LogP contribution in [0.15, 0.2) is 30.5 Å². The molecule has 10 nitrogen and oxygen atoms in total. The molecule has 38 heavy (non-hydrogen) atoms. The number of ether oxygens (including phenoxy) is 1. The third-order valence-electron chi connectivity index (χ3n) is 8.21. The van der Waals surface area contributed by atoms with Gasteiger partial charge in [-0.25, -0.2) is 4.68 Å². The Bertz CT molecular complexity index is 1230. The first kappa shape index (κ1) is 26.6. The highest BCUT2D eigenvalue weighted by Crippen LogP contribution is 2.38. The van der Waals surface area contributed by atoms with Gasteiger partial charge in [-0.1, -0.05) is 31.2 Å². The molecule has 1 N–H and O–H groups in total. The average molecular weight is 518 g/mol. The molecule has 2 aromatic heterocycles. The van der Waals surface area contributed by atoms with Gasteiger partial charge in [-0.2, -0.15) is 0 Å². The monoisotopic (exact) mass is 518 g/mol. The molecule has 0 amide bonds. The number of rotatable bonds is 9. The van der Waals surface area contributed by atoms with E-state index in [0.29, 0.717) is 50.1 Å². The Morgan fingerprint density at radius 1 is 1.16 bits per heavy atom.